The number of hydrogen-bond donors (Lipinski definition) is 1. The van der Waals surface area contributed by atoms with Crippen LogP contribution in [0, 0.1) is 13.8 Å². The fourth-order valence-corrected chi connectivity index (χ4v) is 3.23. The third-order valence-electron chi connectivity index (χ3n) is 3.19. The molecule has 3 aromatic rings. The van der Waals surface area contributed by atoms with Crippen molar-refractivity contribution in [1.82, 2.24) is 15.1 Å². The summed E-state index contributed by atoms with van der Waals surface area (Å²) in [6.45, 7) is 3.66. The van der Waals surface area contributed by atoms with E-state index in [2.05, 4.69) is 36.4 Å². The lowest BCUT2D eigenvalue weighted by Crippen LogP contribution is -2.18. The fourth-order valence-electron chi connectivity index (χ4n) is 2.11. The van der Waals surface area contributed by atoms with Crippen molar-refractivity contribution in [3.05, 3.63) is 45.3 Å². The number of carbonyl (C=O) groups excluding carboxylic acids is 1. The summed E-state index contributed by atoms with van der Waals surface area (Å²) in [5.41, 5.74) is 1.86. The van der Waals surface area contributed by atoms with Crippen molar-refractivity contribution in [3.8, 4) is 11.3 Å². The van der Waals surface area contributed by atoms with Gasteiger partial charge in [0.15, 0.2) is 11.0 Å². The summed E-state index contributed by atoms with van der Waals surface area (Å²) < 4.78 is 11.2. The Hall–Kier alpha value is -2.10. The Bertz CT molecular complexity index is 876. The van der Waals surface area contributed by atoms with Gasteiger partial charge in [0, 0.05) is 14.9 Å². The highest BCUT2D eigenvalue weighted by Gasteiger charge is 2.13. The number of carbonyl (C=O) groups is 1. The number of aromatic nitrogens is 3. The number of nitrogens with one attached hydrogen (secondary N) is 1. The van der Waals surface area contributed by atoms with Gasteiger partial charge in [-0.05, 0) is 26.0 Å². The van der Waals surface area contributed by atoms with Crippen LogP contribution in [0.1, 0.15) is 16.6 Å². The van der Waals surface area contributed by atoms with Crippen molar-refractivity contribution in [2.75, 3.05) is 11.9 Å². The quantitative estimate of drug-likeness (QED) is 0.650. The van der Waals surface area contributed by atoms with Gasteiger partial charge in [0.05, 0.1) is 5.69 Å². The lowest BCUT2D eigenvalue weighted by atomic mass is 10.1. The minimum atomic E-state index is -0.285. The van der Waals surface area contributed by atoms with Crippen LogP contribution >= 0.6 is 27.3 Å². The Morgan fingerprint density at radius 3 is 2.72 bits per heavy atom. The van der Waals surface area contributed by atoms with Crippen molar-refractivity contribution < 1.29 is 14.1 Å². The average Bonchev–Trinajstić information content (AvgIpc) is 3.14. The lowest BCUT2D eigenvalue weighted by Gasteiger charge is -2.01. The zero-order valence-corrected chi connectivity index (χ0v) is 16.0. The number of benzene rings is 1. The standard InChI is InChI=1S/C16H15BrN4O3S/c1-9-15(11-3-5-12(17)6-4-11)20-16(25-9)19-13(22)7-23-8-14-18-10(2)21-24-14/h3-6H,7-8H2,1-2H3,(H,19,20,22). The summed E-state index contributed by atoms with van der Waals surface area (Å²) >= 11 is 4.84. The molecular weight excluding hydrogens is 408 g/mol. The van der Waals surface area contributed by atoms with Gasteiger partial charge in [-0.1, -0.05) is 33.2 Å². The van der Waals surface area contributed by atoms with Gasteiger partial charge >= 0.3 is 0 Å². The van der Waals surface area contributed by atoms with Crippen LogP contribution in [0.4, 0.5) is 5.13 Å². The highest BCUT2D eigenvalue weighted by atomic mass is 79.9. The van der Waals surface area contributed by atoms with Crippen LogP contribution in [0.5, 0.6) is 0 Å². The van der Waals surface area contributed by atoms with Crippen LogP contribution in [0.15, 0.2) is 33.3 Å². The second kappa shape index (κ2) is 7.85. The normalized spacial score (nSPS) is 10.8. The molecule has 0 saturated heterocycles. The van der Waals surface area contributed by atoms with Crippen molar-refractivity contribution >= 4 is 38.3 Å². The number of thiazole rings is 1. The molecule has 0 aliphatic carbocycles. The molecule has 3 rings (SSSR count). The first-order valence-electron chi connectivity index (χ1n) is 7.41. The van der Waals surface area contributed by atoms with Gasteiger partial charge in [-0.25, -0.2) is 4.98 Å². The van der Waals surface area contributed by atoms with Crippen molar-refractivity contribution in [1.29, 1.82) is 0 Å². The number of rotatable bonds is 6. The van der Waals surface area contributed by atoms with Crippen LogP contribution in [0.3, 0.4) is 0 Å². The smallest absolute Gasteiger partial charge is 0.252 e. The first kappa shape index (κ1) is 17.7. The molecular formula is C16H15BrN4O3S. The number of hydrogen-bond acceptors (Lipinski definition) is 7. The van der Waals surface area contributed by atoms with E-state index in [1.807, 2.05) is 31.2 Å². The van der Waals surface area contributed by atoms with E-state index in [0.717, 1.165) is 20.6 Å². The molecule has 2 aromatic heterocycles. The summed E-state index contributed by atoms with van der Waals surface area (Å²) in [6.07, 6.45) is 0. The van der Waals surface area contributed by atoms with Gasteiger partial charge in [-0.3, -0.25) is 10.1 Å². The minimum absolute atomic E-state index is 0.0926. The van der Waals surface area contributed by atoms with Crippen LogP contribution < -0.4 is 5.32 Å². The summed E-state index contributed by atoms with van der Waals surface area (Å²) in [7, 11) is 0. The summed E-state index contributed by atoms with van der Waals surface area (Å²) in [4.78, 5) is 21.5. The zero-order valence-electron chi connectivity index (χ0n) is 13.6. The molecule has 0 aliphatic rings. The number of amides is 1. The van der Waals surface area contributed by atoms with E-state index in [9.17, 15) is 4.79 Å². The lowest BCUT2D eigenvalue weighted by molar-refractivity contribution is -0.121. The first-order valence-corrected chi connectivity index (χ1v) is 9.02. The maximum Gasteiger partial charge on any atom is 0.252 e. The Morgan fingerprint density at radius 2 is 2.04 bits per heavy atom. The number of anilines is 1. The third kappa shape index (κ3) is 4.71. The second-order valence-corrected chi connectivity index (χ2v) is 7.33. The van der Waals surface area contributed by atoms with Gasteiger partial charge in [0.2, 0.25) is 0 Å². The summed E-state index contributed by atoms with van der Waals surface area (Å²) in [5.74, 6) is 0.585. The molecule has 0 saturated carbocycles. The van der Waals surface area contributed by atoms with Gasteiger partial charge in [0.1, 0.15) is 13.2 Å². The molecule has 0 spiro atoms. The molecule has 2 heterocycles. The van der Waals surface area contributed by atoms with Crippen molar-refractivity contribution in [2.24, 2.45) is 0 Å². The predicted octanol–water partition coefficient (Wildman–Crippen LogP) is 3.73. The maximum atomic E-state index is 12.0. The van der Waals surface area contributed by atoms with Gasteiger partial charge in [-0.2, -0.15) is 4.98 Å². The zero-order chi connectivity index (χ0) is 17.8. The van der Waals surface area contributed by atoms with E-state index in [-0.39, 0.29) is 19.1 Å². The van der Waals surface area contributed by atoms with E-state index in [1.54, 1.807) is 6.92 Å². The van der Waals surface area contributed by atoms with Gasteiger partial charge < -0.3 is 9.26 Å². The number of aryl methyl sites for hydroxylation is 2. The second-order valence-electron chi connectivity index (χ2n) is 5.21. The van der Waals surface area contributed by atoms with E-state index >= 15 is 0 Å². The third-order valence-corrected chi connectivity index (χ3v) is 4.60. The highest BCUT2D eigenvalue weighted by molar-refractivity contribution is 9.10. The van der Waals surface area contributed by atoms with Crippen LogP contribution in [-0.2, 0) is 16.1 Å². The summed E-state index contributed by atoms with van der Waals surface area (Å²) in [6, 6.07) is 7.87. The molecule has 0 unspecified atom stereocenters. The maximum absolute atomic E-state index is 12.0. The molecule has 1 aromatic carbocycles. The van der Waals surface area contributed by atoms with Gasteiger partial charge in [-0.15, -0.1) is 11.3 Å². The molecule has 0 bridgehead atoms. The monoisotopic (exact) mass is 422 g/mol. The van der Waals surface area contributed by atoms with Gasteiger partial charge in [0.25, 0.3) is 11.8 Å². The molecule has 9 heteroatoms. The number of halogens is 1. The molecule has 0 atom stereocenters. The molecule has 0 fully saturated rings. The fraction of sp³-hybridized carbons (Fsp3) is 0.250. The predicted molar refractivity (Wildman–Crippen MR) is 97.3 cm³/mol. The van der Waals surface area contributed by atoms with E-state index in [0.29, 0.717) is 16.8 Å². The Kier molecular flexibility index (Phi) is 5.57. The van der Waals surface area contributed by atoms with Crippen LogP contribution in [0.25, 0.3) is 11.3 Å². The van der Waals surface area contributed by atoms with Crippen molar-refractivity contribution in [2.45, 2.75) is 20.5 Å². The Labute approximate surface area is 156 Å². The Balaban J connectivity index is 1.56. The summed E-state index contributed by atoms with van der Waals surface area (Å²) in [5, 5.41) is 6.93. The molecule has 130 valence electrons. The van der Waals surface area contributed by atoms with Crippen LogP contribution in [-0.4, -0.2) is 27.6 Å². The van der Waals surface area contributed by atoms with Crippen LogP contribution in [0.2, 0.25) is 0 Å². The minimum Gasteiger partial charge on any atom is -0.362 e. The van der Waals surface area contributed by atoms with E-state index in [4.69, 9.17) is 9.26 Å². The molecule has 7 nitrogen and oxygen atoms in total. The largest absolute Gasteiger partial charge is 0.362 e. The number of nitrogens with zero attached hydrogens (tertiary/aromatic N) is 3. The molecule has 0 radical (unpaired) electrons. The van der Waals surface area contributed by atoms with E-state index < -0.39 is 0 Å². The molecule has 25 heavy (non-hydrogen) atoms. The van der Waals surface area contributed by atoms with E-state index in [1.165, 1.54) is 11.3 Å². The molecule has 0 aliphatic heterocycles. The SMILES string of the molecule is Cc1noc(COCC(=O)Nc2nc(-c3ccc(Br)cc3)c(C)s2)n1. The molecule has 1 amide bonds. The average molecular weight is 423 g/mol. The first-order chi connectivity index (χ1) is 12.0. The highest BCUT2D eigenvalue weighted by Crippen LogP contribution is 2.31. The topological polar surface area (TPSA) is 90.1 Å². The number of ether oxygens (including phenoxy) is 1. The Morgan fingerprint density at radius 1 is 1.28 bits per heavy atom. The van der Waals surface area contributed by atoms with Crippen molar-refractivity contribution in [3.63, 3.8) is 0 Å². The molecule has 1 N–H and O–H groups in total.